The van der Waals surface area contributed by atoms with E-state index < -0.39 is 17.6 Å². The van der Waals surface area contributed by atoms with Crippen LogP contribution in [0.4, 0.5) is 8.78 Å². The Hall–Kier alpha value is -1.04. The van der Waals surface area contributed by atoms with E-state index in [0.717, 1.165) is 50.5 Å². The van der Waals surface area contributed by atoms with Gasteiger partial charge in [-0.1, -0.05) is 64.4 Å². The lowest BCUT2D eigenvalue weighted by Gasteiger charge is -2.38. The number of ether oxygens (including phenoxy) is 2. The van der Waals surface area contributed by atoms with Crippen LogP contribution in [0.1, 0.15) is 111 Å². The summed E-state index contributed by atoms with van der Waals surface area (Å²) in [4.78, 5) is 0. The first-order chi connectivity index (χ1) is 15.2. The first-order valence-electron chi connectivity index (χ1n) is 12.7. The Morgan fingerprint density at radius 3 is 1.84 bits per heavy atom. The summed E-state index contributed by atoms with van der Waals surface area (Å²) in [6.45, 7) is 9.88. The maximum atomic E-state index is 13.4. The van der Waals surface area contributed by atoms with Crippen molar-refractivity contribution in [3.8, 4) is 0 Å². The van der Waals surface area contributed by atoms with Crippen LogP contribution in [0.5, 0.6) is 0 Å². The highest BCUT2D eigenvalue weighted by Crippen LogP contribution is 2.33. The molecule has 1 rings (SSSR count). The van der Waals surface area contributed by atoms with Crippen molar-refractivity contribution in [1.82, 2.24) is 0 Å². The Balaban J connectivity index is 2.62. The molecule has 0 aliphatic carbocycles. The highest BCUT2D eigenvalue weighted by atomic mass is 19.2. The molecule has 0 amide bonds. The van der Waals surface area contributed by atoms with E-state index in [9.17, 15) is 13.9 Å². The largest absolute Gasteiger partial charge is 0.343 e. The van der Waals surface area contributed by atoms with Gasteiger partial charge in [-0.2, -0.15) is 0 Å². The monoisotopic (exact) mass is 456 g/mol. The Morgan fingerprint density at radius 1 is 0.781 bits per heavy atom. The van der Waals surface area contributed by atoms with Crippen LogP contribution in [0.25, 0.3) is 0 Å². The van der Waals surface area contributed by atoms with Crippen LogP contribution in [0.3, 0.4) is 0 Å². The standard InChI is InChI=1S/C27H46F2O3/c1-6-7-8-9-10-13-16-24(27(30,31-21(2)3)32-22(4)5)17-14-11-12-15-23-18-19-25(28)26(29)20-23/h18-22,24,30H,6-17H2,1-5H3. The van der Waals surface area contributed by atoms with Gasteiger partial charge in [0.15, 0.2) is 11.6 Å². The molecule has 0 heterocycles. The van der Waals surface area contributed by atoms with E-state index in [1.54, 1.807) is 6.07 Å². The number of halogens is 2. The molecule has 5 heteroatoms. The van der Waals surface area contributed by atoms with Gasteiger partial charge >= 0.3 is 0 Å². The first-order valence-corrected chi connectivity index (χ1v) is 12.7. The zero-order valence-electron chi connectivity index (χ0n) is 21.0. The van der Waals surface area contributed by atoms with Crippen LogP contribution in [0.15, 0.2) is 18.2 Å². The van der Waals surface area contributed by atoms with Crippen molar-refractivity contribution in [2.75, 3.05) is 0 Å². The molecule has 0 aliphatic rings. The van der Waals surface area contributed by atoms with Gasteiger partial charge in [0.25, 0.3) is 5.97 Å². The summed E-state index contributed by atoms with van der Waals surface area (Å²) >= 11 is 0. The molecule has 0 aliphatic heterocycles. The van der Waals surface area contributed by atoms with Crippen molar-refractivity contribution in [2.45, 2.75) is 130 Å². The SMILES string of the molecule is CCCCCCCCC(CCCCCc1ccc(F)c(F)c1)C(O)(OC(C)C)OC(C)C. The summed E-state index contributed by atoms with van der Waals surface area (Å²) in [6.07, 6.45) is 12.1. The minimum atomic E-state index is -1.58. The second-order valence-electron chi connectivity index (χ2n) is 9.57. The van der Waals surface area contributed by atoms with Crippen molar-refractivity contribution in [3.05, 3.63) is 35.4 Å². The van der Waals surface area contributed by atoms with Crippen LogP contribution in [0.2, 0.25) is 0 Å². The Bertz CT molecular complexity index is 609. The zero-order chi connectivity index (χ0) is 24.0. The molecule has 0 aromatic heterocycles. The summed E-state index contributed by atoms with van der Waals surface area (Å²) < 4.78 is 38.3. The summed E-state index contributed by atoms with van der Waals surface area (Å²) in [5.74, 6) is -3.27. The van der Waals surface area contributed by atoms with Crippen molar-refractivity contribution in [3.63, 3.8) is 0 Å². The molecular weight excluding hydrogens is 410 g/mol. The van der Waals surface area contributed by atoms with E-state index in [2.05, 4.69) is 6.92 Å². The highest BCUT2D eigenvalue weighted by Gasteiger charge is 2.40. The molecule has 0 fully saturated rings. The molecule has 0 spiro atoms. The molecule has 1 aromatic carbocycles. The Morgan fingerprint density at radius 2 is 1.31 bits per heavy atom. The van der Waals surface area contributed by atoms with Crippen molar-refractivity contribution in [2.24, 2.45) is 5.92 Å². The molecule has 32 heavy (non-hydrogen) atoms. The van der Waals surface area contributed by atoms with E-state index >= 15 is 0 Å². The van der Waals surface area contributed by atoms with Gasteiger partial charge in [-0.05, 0) is 71.1 Å². The topological polar surface area (TPSA) is 38.7 Å². The number of rotatable bonds is 18. The average Bonchev–Trinajstić information content (AvgIpc) is 2.70. The molecule has 0 radical (unpaired) electrons. The normalized spacial score (nSPS) is 13.3. The molecule has 0 bridgehead atoms. The predicted octanol–water partition coefficient (Wildman–Crippen LogP) is 7.93. The summed E-state index contributed by atoms with van der Waals surface area (Å²) in [5, 5.41) is 11.3. The molecule has 1 unspecified atom stereocenters. The van der Waals surface area contributed by atoms with E-state index in [4.69, 9.17) is 9.47 Å². The number of aryl methyl sites for hydroxylation is 1. The Kier molecular flexibility index (Phi) is 14.3. The second-order valence-corrected chi connectivity index (χ2v) is 9.57. The highest BCUT2D eigenvalue weighted by molar-refractivity contribution is 5.17. The van der Waals surface area contributed by atoms with E-state index in [1.807, 2.05) is 27.7 Å². The van der Waals surface area contributed by atoms with Gasteiger partial charge in [-0.25, -0.2) is 8.78 Å². The lowest BCUT2D eigenvalue weighted by atomic mass is 9.91. The number of unbranched alkanes of at least 4 members (excludes halogenated alkanes) is 7. The maximum Gasteiger partial charge on any atom is 0.283 e. The fourth-order valence-corrected chi connectivity index (χ4v) is 4.17. The molecular formula is C27H46F2O3. The number of hydrogen-bond acceptors (Lipinski definition) is 3. The van der Waals surface area contributed by atoms with Crippen LogP contribution in [0, 0.1) is 17.6 Å². The minimum Gasteiger partial charge on any atom is -0.343 e. The summed E-state index contributed by atoms with van der Waals surface area (Å²) in [6, 6.07) is 4.11. The van der Waals surface area contributed by atoms with E-state index in [-0.39, 0.29) is 18.1 Å². The summed E-state index contributed by atoms with van der Waals surface area (Å²) in [7, 11) is 0. The Labute approximate surface area is 194 Å². The van der Waals surface area contributed by atoms with Crippen LogP contribution >= 0.6 is 0 Å². The van der Waals surface area contributed by atoms with Gasteiger partial charge < -0.3 is 14.6 Å². The lowest BCUT2D eigenvalue weighted by molar-refractivity contribution is -0.407. The van der Waals surface area contributed by atoms with Crippen LogP contribution in [-0.2, 0) is 15.9 Å². The molecule has 3 nitrogen and oxygen atoms in total. The molecule has 186 valence electrons. The van der Waals surface area contributed by atoms with Gasteiger partial charge in [0.1, 0.15) is 0 Å². The number of benzene rings is 1. The summed E-state index contributed by atoms with van der Waals surface area (Å²) in [5.41, 5.74) is 0.815. The van der Waals surface area contributed by atoms with E-state index in [1.165, 1.54) is 37.8 Å². The lowest BCUT2D eigenvalue weighted by Crippen LogP contribution is -2.47. The van der Waals surface area contributed by atoms with Crippen molar-refractivity contribution in [1.29, 1.82) is 0 Å². The molecule has 1 atom stereocenters. The second kappa shape index (κ2) is 15.7. The number of aliphatic hydroxyl groups is 1. The van der Waals surface area contributed by atoms with Gasteiger partial charge in [0, 0.05) is 5.92 Å². The zero-order valence-corrected chi connectivity index (χ0v) is 21.0. The third kappa shape index (κ3) is 11.7. The maximum absolute atomic E-state index is 13.4. The third-order valence-electron chi connectivity index (χ3n) is 5.73. The van der Waals surface area contributed by atoms with Crippen molar-refractivity contribution < 1.29 is 23.4 Å². The van der Waals surface area contributed by atoms with Gasteiger partial charge in [-0.3, -0.25) is 0 Å². The molecule has 0 saturated heterocycles. The fourth-order valence-electron chi connectivity index (χ4n) is 4.17. The van der Waals surface area contributed by atoms with Crippen LogP contribution in [-0.4, -0.2) is 23.3 Å². The number of hydrogen-bond donors (Lipinski definition) is 1. The predicted molar refractivity (Wildman–Crippen MR) is 127 cm³/mol. The average molecular weight is 457 g/mol. The van der Waals surface area contributed by atoms with E-state index in [0.29, 0.717) is 6.42 Å². The molecule has 1 N–H and O–H groups in total. The quantitative estimate of drug-likeness (QED) is 0.180. The first kappa shape index (κ1) is 29.0. The van der Waals surface area contributed by atoms with Crippen molar-refractivity contribution >= 4 is 0 Å². The van der Waals surface area contributed by atoms with Crippen LogP contribution < -0.4 is 0 Å². The van der Waals surface area contributed by atoms with Gasteiger partial charge in [0.05, 0.1) is 12.2 Å². The third-order valence-corrected chi connectivity index (χ3v) is 5.73. The fraction of sp³-hybridized carbons (Fsp3) is 0.778. The minimum absolute atomic E-state index is 0.0956. The molecule has 0 saturated carbocycles. The van der Waals surface area contributed by atoms with Gasteiger partial charge in [0.2, 0.25) is 0 Å². The molecule has 1 aromatic rings. The van der Waals surface area contributed by atoms with Gasteiger partial charge in [-0.15, -0.1) is 0 Å². The smallest absolute Gasteiger partial charge is 0.283 e.